The molecule has 2 heterocycles. The van der Waals surface area contributed by atoms with E-state index in [1.165, 1.54) is 10.9 Å². The van der Waals surface area contributed by atoms with Crippen LogP contribution in [-0.2, 0) is 0 Å². The van der Waals surface area contributed by atoms with E-state index in [0.717, 1.165) is 44.6 Å². The van der Waals surface area contributed by atoms with E-state index in [-0.39, 0.29) is 5.92 Å². The number of fused-ring (bicyclic) bond motifs is 2. The van der Waals surface area contributed by atoms with E-state index in [2.05, 4.69) is 73.2 Å². The third-order valence-electron chi connectivity index (χ3n) is 7.21. The molecular formula is C31H29N3O. The van der Waals surface area contributed by atoms with Crippen molar-refractivity contribution < 1.29 is 5.11 Å². The molecule has 1 aliphatic rings. The third kappa shape index (κ3) is 3.77. The monoisotopic (exact) mass is 459 g/mol. The minimum atomic E-state index is -0.573. The predicted molar refractivity (Wildman–Crippen MR) is 142 cm³/mol. The molecule has 0 fully saturated rings. The van der Waals surface area contributed by atoms with Gasteiger partial charge in [-0.2, -0.15) is 5.26 Å². The quantitative estimate of drug-likeness (QED) is 0.289. The zero-order valence-electron chi connectivity index (χ0n) is 20.7. The number of aliphatic hydroxyl groups excluding tert-OH is 1. The number of aliphatic hydroxyl groups is 1. The fourth-order valence-electron chi connectivity index (χ4n) is 5.31. The summed E-state index contributed by atoms with van der Waals surface area (Å²) >= 11 is 0. The molecule has 0 saturated carbocycles. The highest BCUT2D eigenvalue weighted by Gasteiger charge is 2.40. The van der Waals surface area contributed by atoms with Gasteiger partial charge in [0.2, 0.25) is 0 Å². The highest BCUT2D eigenvalue weighted by atomic mass is 16.3. The van der Waals surface area contributed by atoms with Gasteiger partial charge in [0.15, 0.2) is 0 Å². The van der Waals surface area contributed by atoms with Gasteiger partial charge in [-0.3, -0.25) is 0 Å². The number of aromatic nitrogens is 1. The number of nitriles is 1. The molecule has 4 heteroatoms. The Morgan fingerprint density at radius 3 is 2.46 bits per heavy atom. The molecular weight excluding hydrogens is 430 g/mol. The van der Waals surface area contributed by atoms with Gasteiger partial charge < -0.3 is 15.4 Å². The number of nitrogens with one attached hydrogen (secondary N) is 2. The van der Waals surface area contributed by atoms with Gasteiger partial charge in [-0.25, -0.2) is 0 Å². The largest absolute Gasteiger partial charge is 0.390 e. The summed E-state index contributed by atoms with van der Waals surface area (Å²) in [6, 6.07) is 18.1. The minimum Gasteiger partial charge on any atom is -0.390 e. The molecule has 2 atom stereocenters. The molecule has 1 aromatic heterocycles. The maximum atomic E-state index is 11.2. The van der Waals surface area contributed by atoms with Crippen LogP contribution >= 0.6 is 0 Å². The number of hydrogen-bond donors (Lipinski definition) is 3. The second kappa shape index (κ2) is 8.35. The van der Waals surface area contributed by atoms with E-state index in [9.17, 15) is 10.4 Å². The van der Waals surface area contributed by atoms with Gasteiger partial charge >= 0.3 is 0 Å². The average Bonchev–Trinajstić information content (AvgIpc) is 3.23. The van der Waals surface area contributed by atoms with Crippen molar-refractivity contribution in [2.45, 2.75) is 52.2 Å². The van der Waals surface area contributed by atoms with Crippen molar-refractivity contribution in [1.29, 1.82) is 5.26 Å². The van der Waals surface area contributed by atoms with Crippen molar-refractivity contribution in [1.82, 2.24) is 4.98 Å². The van der Waals surface area contributed by atoms with Crippen molar-refractivity contribution in [2.24, 2.45) is 0 Å². The first-order chi connectivity index (χ1) is 16.7. The van der Waals surface area contributed by atoms with E-state index in [0.29, 0.717) is 5.56 Å². The lowest BCUT2D eigenvalue weighted by Gasteiger charge is -2.43. The van der Waals surface area contributed by atoms with Gasteiger partial charge in [0, 0.05) is 45.4 Å². The van der Waals surface area contributed by atoms with Crippen LogP contribution in [0.2, 0.25) is 0 Å². The Labute approximate surface area is 206 Å². The summed E-state index contributed by atoms with van der Waals surface area (Å²) in [7, 11) is 0. The van der Waals surface area contributed by atoms with Crippen molar-refractivity contribution >= 4 is 16.6 Å². The summed E-state index contributed by atoms with van der Waals surface area (Å²) in [4.78, 5) is 3.45. The first kappa shape index (κ1) is 22.8. The van der Waals surface area contributed by atoms with Crippen LogP contribution < -0.4 is 5.32 Å². The Balaban J connectivity index is 1.82. The van der Waals surface area contributed by atoms with E-state index in [1.54, 1.807) is 6.07 Å². The molecule has 0 amide bonds. The summed E-state index contributed by atoms with van der Waals surface area (Å²) in [6.45, 7) is 10.4. The highest BCUT2D eigenvalue weighted by molar-refractivity contribution is 5.98. The molecule has 0 radical (unpaired) electrons. The molecule has 4 aromatic rings. The summed E-state index contributed by atoms with van der Waals surface area (Å²) in [6.07, 6.45) is 1.46. The number of aromatic amines is 1. The van der Waals surface area contributed by atoms with Crippen molar-refractivity contribution in [3.8, 4) is 29.0 Å². The molecule has 4 nitrogen and oxygen atoms in total. The standard InChI is InChI=1S/C31H29N3O/c1-18-14-26(25-11-7-10-23-19(2)17-33-29(23)25)24(13-12-21-8-6-9-22(15-21)16-32)27-20(3)30(35)31(4,5)34-28(18)27/h6-11,14-15,17,20,30,33-35H,1-5H3/t20-,30+/m1/s1. The first-order valence-corrected chi connectivity index (χ1v) is 11.9. The molecule has 0 unspecified atom stereocenters. The Bertz CT molecular complexity index is 1570. The number of nitrogens with zero attached hydrogens (tertiary/aromatic N) is 1. The molecule has 0 spiro atoms. The van der Waals surface area contributed by atoms with E-state index >= 15 is 0 Å². The maximum absolute atomic E-state index is 11.2. The molecule has 0 saturated heterocycles. The third-order valence-corrected chi connectivity index (χ3v) is 7.21. The zero-order valence-corrected chi connectivity index (χ0v) is 20.7. The molecule has 3 aromatic carbocycles. The summed E-state index contributed by atoms with van der Waals surface area (Å²) in [5, 5.41) is 25.3. The van der Waals surface area contributed by atoms with Crippen LogP contribution in [0, 0.1) is 37.0 Å². The van der Waals surface area contributed by atoms with Crippen LogP contribution in [-0.4, -0.2) is 21.7 Å². The Hall–Kier alpha value is -3.99. The number of hydrogen-bond acceptors (Lipinski definition) is 3. The summed E-state index contributed by atoms with van der Waals surface area (Å²) in [5.41, 5.74) is 9.43. The van der Waals surface area contributed by atoms with Crippen LogP contribution in [0.5, 0.6) is 0 Å². The second-order valence-electron chi connectivity index (χ2n) is 10.1. The Kier molecular flexibility index (Phi) is 5.43. The van der Waals surface area contributed by atoms with E-state index in [4.69, 9.17) is 0 Å². The molecule has 1 aliphatic heterocycles. The lowest BCUT2D eigenvalue weighted by Crippen LogP contribution is -2.50. The highest BCUT2D eigenvalue weighted by Crippen LogP contribution is 2.46. The average molecular weight is 460 g/mol. The van der Waals surface area contributed by atoms with Crippen LogP contribution in [0.25, 0.3) is 22.0 Å². The van der Waals surface area contributed by atoms with E-state index in [1.807, 2.05) is 38.2 Å². The van der Waals surface area contributed by atoms with Gasteiger partial charge in [0.05, 0.1) is 28.8 Å². The fraction of sp³-hybridized carbons (Fsp3) is 0.258. The summed E-state index contributed by atoms with van der Waals surface area (Å²) < 4.78 is 0. The lowest BCUT2D eigenvalue weighted by molar-refractivity contribution is 0.0868. The first-order valence-electron chi connectivity index (χ1n) is 11.9. The maximum Gasteiger partial charge on any atom is 0.0992 e. The molecule has 3 N–H and O–H groups in total. The van der Waals surface area contributed by atoms with Crippen LogP contribution in [0.4, 0.5) is 5.69 Å². The molecule has 0 bridgehead atoms. The topological polar surface area (TPSA) is 71.8 Å². The van der Waals surface area contributed by atoms with Crippen molar-refractivity contribution in [3.05, 3.63) is 88.1 Å². The summed E-state index contributed by atoms with van der Waals surface area (Å²) in [5.74, 6) is 6.65. The Morgan fingerprint density at radius 1 is 0.943 bits per heavy atom. The normalized spacial score (nSPS) is 18.2. The predicted octanol–water partition coefficient (Wildman–Crippen LogP) is 6.39. The smallest absolute Gasteiger partial charge is 0.0992 e. The zero-order chi connectivity index (χ0) is 24.9. The Morgan fingerprint density at radius 2 is 1.69 bits per heavy atom. The van der Waals surface area contributed by atoms with Crippen LogP contribution in [0.15, 0.2) is 54.7 Å². The molecule has 0 aliphatic carbocycles. The number of anilines is 1. The van der Waals surface area contributed by atoms with Crippen LogP contribution in [0.3, 0.4) is 0 Å². The molecule has 174 valence electrons. The van der Waals surface area contributed by atoms with Crippen molar-refractivity contribution in [3.63, 3.8) is 0 Å². The van der Waals surface area contributed by atoms with Gasteiger partial charge in [-0.15, -0.1) is 0 Å². The minimum absolute atomic E-state index is 0.112. The molecule has 5 rings (SSSR count). The number of rotatable bonds is 1. The number of para-hydroxylation sites is 1. The number of benzene rings is 3. The van der Waals surface area contributed by atoms with Gasteiger partial charge in [0.25, 0.3) is 0 Å². The van der Waals surface area contributed by atoms with E-state index < -0.39 is 11.6 Å². The lowest BCUT2D eigenvalue weighted by atomic mass is 9.75. The number of aryl methyl sites for hydroxylation is 2. The van der Waals surface area contributed by atoms with Gasteiger partial charge in [0.1, 0.15) is 0 Å². The van der Waals surface area contributed by atoms with Crippen LogP contribution in [0.1, 0.15) is 60.1 Å². The van der Waals surface area contributed by atoms with Gasteiger partial charge in [-0.05, 0) is 68.7 Å². The second-order valence-corrected chi connectivity index (χ2v) is 10.1. The SMILES string of the molecule is Cc1cc(-c2cccc3c(C)c[nH]c23)c(C#Cc2cccc(C#N)c2)c2c1NC(C)(C)[C@@H](O)[C@@H]2C. The fourth-order valence-corrected chi connectivity index (χ4v) is 5.31. The van der Waals surface area contributed by atoms with Crippen molar-refractivity contribution in [2.75, 3.05) is 5.32 Å². The number of H-pyrrole nitrogens is 1. The molecule has 35 heavy (non-hydrogen) atoms. The van der Waals surface area contributed by atoms with Gasteiger partial charge in [-0.1, -0.05) is 43.0 Å².